The zero-order valence-corrected chi connectivity index (χ0v) is 7.28. The Labute approximate surface area is 65.0 Å². The second-order valence-corrected chi connectivity index (χ2v) is 1.30. The van der Waals surface area contributed by atoms with Crippen LogP contribution in [-0.4, -0.2) is 25.5 Å². The van der Waals surface area contributed by atoms with Crippen LogP contribution < -0.4 is 0 Å². The Bertz CT molecular complexity index is 21.5. The summed E-state index contributed by atoms with van der Waals surface area (Å²) in [6, 6.07) is 0. The van der Waals surface area contributed by atoms with Gasteiger partial charge in [0.05, 0.1) is 0 Å². The van der Waals surface area contributed by atoms with Gasteiger partial charge in [-0.25, -0.2) is 0 Å². The normalized spacial score (nSPS) is 8.00. The Morgan fingerprint density at radius 2 is 1.67 bits per heavy atom. The maximum absolute atomic E-state index is 3.61. The number of hydrogen-bond donors (Lipinski definition) is 0. The molecule has 0 aromatic carbocycles. The van der Waals surface area contributed by atoms with Gasteiger partial charge < -0.3 is 11.8 Å². The third-order valence-electron chi connectivity index (χ3n) is 0.447. The van der Waals surface area contributed by atoms with Crippen LogP contribution in [0.4, 0.5) is 0 Å². The molecule has 0 aromatic rings. The summed E-state index contributed by atoms with van der Waals surface area (Å²) in [5.74, 6) is 0. The van der Waals surface area contributed by atoms with Crippen molar-refractivity contribution in [2.75, 3.05) is 20.6 Å². The summed E-state index contributed by atoms with van der Waals surface area (Å²) in [5.41, 5.74) is 0. The van der Waals surface area contributed by atoms with Crippen molar-refractivity contribution in [1.82, 2.24) is 4.90 Å². The van der Waals surface area contributed by atoms with Gasteiger partial charge in [-0.3, -0.25) is 0 Å². The van der Waals surface area contributed by atoms with E-state index in [1.165, 1.54) is 0 Å². The van der Waals surface area contributed by atoms with E-state index in [1.54, 1.807) is 0 Å². The molecule has 0 aliphatic heterocycles. The van der Waals surface area contributed by atoms with E-state index in [9.17, 15) is 0 Å². The van der Waals surface area contributed by atoms with Crippen LogP contribution in [0.25, 0.3) is 0 Å². The van der Waals surface area contributed by atoms with E-state index in [0.29, 0.717) is 0 Å². The smallest absolute Gasteiger partial charge is 0 e. The SMILES string of the molecule is [CH2-]CN(C)C.[Y]. The van der Waals surface area contributed by atoms with E-state index < -0.39 is 0 Å². The molecule has 0 bridgehead atoms. The Balaban J connectivity index is 0. The van der Waals surface area contributed by atoms with Gasteiger partial charge in [-0.1, -0.05) is 0 Å². The van der Waals surface area contributed by atoms with Crippen LogP contribution in [0.3, 0.4) is 0 Å². The molecule has 0 amide bonds. The van der Waals surface area contributed by atoms with Gasteiger partial charge in [-0.2, -0.15) is 0 Å². The quantitative estimate of drug-likeness (QED) is 0.502. The molecule has 2 heteroatoms. The molecule has 0 aliphatic rings. The molecule has 0 aliphatic carbocycles. The first-order valence-electron chi connectivity index (χ1n) is 1.71. The molecule has 0 atom stereocenters. The second-order valence-electron chi connectivity index (χ2n) is 1.30. The van der Waals surface area contributed by atoms with E-state index in [-0.39, 0.29) is 32.7 Å². The minimum absolute atomic E-state index is 0. The predicted octanol–water partition coefficient (Wildman–Crippen LogP) is 0.380. The summed E-state index contributed by atoms with van der Waals surface area (Å²) >= 11 is 0. The number of rotatable bonds is 1. The Hall–Kier alpha value is 1.06. The third kappa shape index (κ3) is 8.91. The summed E-state index contributed by atoms with van der Waals surface area (Å²) in [6.45, 7) is 4.50. The maximum Gasteiger partial charge on any atom is 0 e. The Kier molecular flexibility index (Phi) is 10.2. The molecule has 0 spiro atoms. The van der Waals surface area contributed by atoms with Gasteiger partial charge in [0.2, 0.25) is 0 Å². The number of nitrogens with zero attached hydrogens (tertiary/aromatic N) is 1. The molecular formula is C4H10NY-. The maximum atomic E-state index is 3.61. The summed E-state index contributed by atoms with van der Waals surface area (Å²) in [5, 5.41) is 0. The predicted molar refractivity (Wildman–Crippen MR) is 23.9 cm³/mol. The summed E-state index contributed by atoms with van der Waals surface area (Å²) in [6.07, 6.45) is 0. The second kappa shape index (κ2) is 6.06. The van der Waals surface area contributed by atoms with Crippen molar-refractivity contribution in [1.29, 1.82) is 0 Å². The molecule has 0 saturated heterocycles. The van der Waals surface area contributed by atoms with Crippen LogP contribution in [-0.2, 0) is 32.7 Å². The van der Waals surface area contributed by atoms with Crippen LogP contribution in [0.15, 0.2) is 0 Å². The average molecular weight is 161 g/mol. The monoisotopic (exact) mass is 161 g/mol. The molecule has 0 fully saturated rings. The molecule has 35 valence electrons. The fourth-order valence-corrected chi connectivity index (χ4v) is 0. The first-order valence-corrected chi connectivity index (χ1v) is 1.71. The fraction of sp³-hybridized carbons (Fsp3) is 0.750. The summed E-state index contributed by atoms with van der Waals surface area (Å²) in [7, 11) is 3.99. The average Bonchev–Trinajstić information content (AvgIpc) is 1.38. The third-order valence-corrected chi connectivity index (χ3v) is 0.447. The van der Waals surface area contributed by atoms with Gasteiger partial charge in [0, 0.05) is 32.7 Å². The van der Waals surface area contributed by atoms with Crippen LogP contribution >= 0.6 is 0 Å². The molecule has 1 radical (unpaired) electrons. The van der Waals surface area contributed by atoms with Crippen molar-refractivity contribution >= 4 is 0 Å². The van der Waals surface area contributed by atoms with Crippen molar-refractivity contribution in [2.24, 2.45) is 0 Å². The molecule has 0 rings (SSSR count). The molecule has 0 N–H and O–H groups in total. The minimum atomic E-state index is 0. The minimum Gasteiger partial charge on any atom is -0.339 e. The van der Waals surface area contributed by atoms with E-state index >= 15 is 0 Å². The van der Waals surface area contributed by atoms with Crippen LogP contribution in [0.2, 0.25) is 0 Å². The summed E-state index contributed by atoms with van der Waals surface area (Å²) in [4.78, 5) is 2.01. The molecule has 0 aromatic heterocycles. The van der Waals surface area contributed by atoms with E-state index in [1.807, 2.05) is 19.0 Å². The standard InChI is InChI=1S/C4H10N.Y/c1-4-5(2)3;/h1,4H2,2-3H3;/q-1;. The van der Waals surface area contributed by atoms with Crippen molar-refractivity contribution in [3.8, 4) is 0 Å². The largest absolute Gasteiger partial charge is 0.339 e. The van der Waals surface area contributed by atoms with Gasteiger partial charge >= 0.3 is 0 Å². The van der Waals surface area contributed by atoms with Crippen molar-refractivity contribution < 1.29 is 32.7 Å². The van der Waals surface area contributed by atoms with Gasteiger partial charge in [0.25, 0.3) is 0 Å². The first kappa shape index (κ1) is 10.1. The van der Waals surface area contributed by atoms with Gasteiger partial charge in [-0.15, -0.1) is 6.54 Å². The van der Waals surface area contributed by atoms with E-state index in [2.05, 4.69) is 6.92 Å². The van der Waals surface area contributed by atoms with Crippen LogP contribution in [0.5, 0.6) is 0 Å². The Morgan fingerprint density at radius 3 is 1.67 bits per heavy atom. The van der Waals surface area contributed by atoms with Crippen molar-refractivity contribution in [2.45, 2.75) is 0 Å². The van der Waals surface area contributed by atoms with Crippen LogP contribution in [0, 0.1) is 6.92 Å². The van der Waals surface area contributed by atoms with Gasteiger partial charge in [0.15, 0.2) is 0 Å². The zero-order valence-electron chi connectivity index (χ0n) is 4.44. The molecule has 6 heavy (non-hydrogen) atoms. The van der Waals surface area contributed by atoms with Crippen molar-refractivity contribution in [3.05, 3.63) is 6.92 Å². The molecule has 0 heterocycles. The van der Waals surface area contributed by atoms with E-state index in [4.69, 9.17) is 0 Å². The molecular weight excluding hydrogens is 151 g/mol. The molecule has 0 saturated carbocycles. The number of hydrogen-bond acceptors (Lipinski definition) is 1. The van der Waals surface area contributed by atoms with Crippen molar-refractivity contribution in [3.63, 3.8) is 0 Å². The van der Waals surface area contributed by atoms with Gasteiger partial charge in [-0.05, 0) is 14.1 Å². The first-order chi connectivity index (χ1) is 2.27. The topological polar surface area (TPSA) is 3.24 Å². The Morgan fingerprint density at radius 1 is 1.50 bits per heavy atom. The summed E-state index contributed by atoms with van der Waals surface area (Å²) < 4.78 is 0. The zero-order chi connectivity index (χ0) is 4.28. The van der Waals surface area contributed by atoms with E-state index in [0.717, 1.165) is 6.54 Å². The fourth-order valence-electron chi connectivity index (χ4n) is 0. The molecule has 1 nitrogen and oxygen atoms in total. The molecule has 0 unspecified atom stereocenters. The van der Waals surface area contributed by atoms with Gasteiger partial charge in [0.1, 0.15) is 0 Å². The van der Waals surface area contributed by atoms with Crippen LogP contribution in [0.1, 0.15) is 0 Å².